The van der Waals surface area contributed by atoms with E-state index < -0.39 is 0 Å². The Balaban J connectivity index is 2.37. The predicted molar refractivity (Wildman–Crippen MR) is 74.0 cm³/mol. The highest BCUT2D eigenvalue weighted by atomic mass is 16.5. The van der Waals surface area contributed by atoms with Crippen molar-refractivity contribution in [2.24, 2.45) is 7.05 Å². The number of fused-ring (bicyclic) bond motifs is 1. The highest BCUT2D eigenvalue weighted by Crippen LogP contribution is 2.23. The van der Waals surface area contributed by atoms with Gasteiger partial charge >= 0.3 is 0 Å². The first kappa shape index (κ1) is 12.9. The van der Waals surface area contributed by atoms with Crippen molar-refractivity contribution in [2.45, 2.75) is 26.3 Å². The van der Waals surface area contributed by atoms with E-state index in [9.17, 15) is 0 Å². The van der Waals surface area contributed by atoms with Crippen LogP contribution in [-0.4, -0.2) is 23.2 Å². The van der Waals surface area contributed by atoms with Gasteiger partial charge in [-0.2, -0.15) is 0 Å². The van der Waals surface area contributed by atoms with Gasteiger partial charge < -0.3 is 14.6 Å². The van der Waals surface area contributed by atoms with Crippen molar-refractivity contribution in [1.82, 2.24) is 14.9 Å². The van der Waals surface area contributed by atoms with Crippen molar-refractivity contribution >= 4 is 11.0 Å². The highest BCUT2D eigenvalue weighted by Gasteiger charge is 2.13. The fraction of sp³-hybridized carbons (Fsp3) is 0.500. The van der Waals surface area contributed by atoms with E-state index in [2.05, 4.69) is 36.8 Å². The average Bonchev–Trinajstić information content (AvgIpc) is 2.72. The lowest BCUT2D eigenvalue weighted by atomic mass is 10.3. The highest BCUT2D eigenvalue weighted by molar-refractivity contribution is 5.77. The number of hydrogen-bond donors (Lipinski definition) is 1. The van der Waals surface area contributed by atoms with Crippen LogP contribution in [0.15, 0.2) is 18.2 Å². The number of methoxy groups -OCH3 is 1. The molecule has 1 atom stereocenters. The molecule has 4 heteroatoms. The second-order valence-electron chi connectivity index (χ2n) is 4.56. The molecule has 1 aromatic heterocycles. The zero-order valence-electron chi connectivity index (χ0n) is 11.5. The molecule has 0 fully saturated rings. The van der Waals surface area contributed by atoms with Crippen LogP contribution in [0.5, 0.6) is 5.75 Å². The molecule has 0 saturated heterocycles. The summed E-state index contributed by atoms with van der Waals surface area (Å²) in [6, 6.07) is 6.26. The maximum atomic E-state index is 5.23. The van der Waals surface area contributed by atoms with Crippen LogP contribution >= 0.6 is 0 Å². The molecule has 0 aliphatic rings. The van der Waals surface area contributed by atoms with Crippen LogP contribution < -0.4 is 10.1 Å². The van der Waals surface area contributed by atoms with E-state index in [1.165, 1.54) is 0 Å². The Morgan fingerprint density at radius 1 is 1.44 bits per heavy atom. The van der Waals surface area contributed by atoms with Gasteiger partial charge in [0.25, 0.3) is 0 Å². The summed E-state index contributed by atoms with van der Waals surface area (Å²) in [7, 11) is 3.73. The van der Waals surface area contributed by atoms with E-state index in [4.69, 9.17) is 9.72 Å². The van der Waals surface area contributed by atoms with Gasteiger partial charge in [0.05, 0.1) is 24.2 Å². The zero-order valence-corrected chi connectivity index (χ0v) is 11.5. The number of nitrogens with one attached hydrogen (secondary N) is 1. The van der Waals surface area contributed by atoms with Gasteiger partial charge in [-0.05, 0) is 32.0 Å². The molecule has 0 aliphatic heterocycles. The molecule has 0 amide bonds. The number of aromatic nitrogens is 2. The van der Waals surface area contributed by atoms with Gasteiger partial charge in [0.1, 0.15) is 11.6 Å². The van der Waals surface area contributed by atoms with E-state index in [1.807, 2.05) is 12.1 Å². The summed E-state index contributed by atoms with van der Waals surface area (Å²) in [5, 5.41) is 3.46. The van der Waals surface area contributed by atoms with Crippen molar-refractivity contribution < 1.29 is 4.74 Å². The fourth-order valence-electron chi connectivity index (χ4n) is 2.16. The van der Waals surface area contributed by atoms with Gasteiger partial charge in [0.15, 0.2) is 0 Å². The summed E-state index contributed by atoms with van der Waals surface area (Å²) in [4.78, 5) is 4.69. The second kappa shape index (κ2) is 5.40. The molecule has 4 nitrogen and oxygen atoms in total. The standard InChI is InChI=1S/C14H21N3O/c1-5-8-15-10(2)14-16-12-9-11(18-4)6-7-13(12)17(14)3/h6-7,9-10,15H,5,8H2,1-4H3. The molecular weight excluding hydrogens is 226 g/mol. The Bertz CT molecular complexity index is 533. The van der Waals surface area contributed by atoms with Crippen molar-refractivity contribution in [1.29, 1.82) is 0 Å². The number of imidazole rings is 1. The minimum Gasteiger partial charge on any atom is -0.497 e. The van der Waals surface area contributed by atoms with E-state index in [1.54, 1.807) is 7.11 Å². The maximum absolute atomic E-state index is 5.23. The lowest BCUT2D eigenvalue weighted by molar-refractivity contribution is 0.415. The van der Waals surface area contributed by atoms with Crippen molar-refractivity contribution in [3.05, 3.63) is 24.0 Å². The van der Waals surface area contributed by atoms with Crippen molar-refractivity contribution in [3.8, 4) is 5.75 Å². The first-order chi connectivity index (χ1) is 8.67. The van der Waals surface area contributed by atoms with Crippen LogP contribution in [0.3, 0.4) is 0 Å². The molecule has 0 radical (unpaired) electrons. The lowest BCUT2D eigenvalue weighted by Crippen LogP contribution is -2.22. The Hall–Kier alpha value is -1.55. The number of hydrogen-bond acceptors (Lipinski definition) is 3. The molecule has 2 aromatic rings. The quantitative estimate of drug-likeness (QED) is 0.882. The Morgan fingerprint density at radius 2 is 2.22 bits per heavy atom. The summed E-state index contributed by atoms with van der Waals surface area (Å²) in [5.74, 6) is 1.91. The summed E-state index contributed by atoms with van der Waals surface area (Å²) < 4.78 is 7.37. The van der Waals surface area contributed by atoms with Gasteiger partial charge in [0.2, 0.25) is 0 Å². The van der Waals surface area contributed by atoms with Gasteiger partial charge in [-0.1, -0.05) is 6.92 Å². The summed E-state index contributed by atoms with van der Waals surface area (Å²) in [6.07, 6.45) is 1.13. The molecule has 1 unspecified atom stereocenters. The third-order valence-electron chi connectivity index (χ3n) is 3.21. The number of rotatable bonds is 5. The number of ether oxygens (including phenoxy) is 1. The lowest BCUT2D eigenvalue weighted by Gasteiger charge is -2.12. The smallest absolute Gasteiger partial charge is 0.126 e. The molecule has 1 aromatic carbocycles. The van der Waals surface area contributed by atoms with Crippen LogP contribution in [-0.2, 0) is 7.05 Å². The monoisotopic (exact) mass is 247 g/mol. The van der Waals surface area contributed by atoms with Crippen molar-refractivity contribution in [2.75, 3.05) is 13.7 Å². The molecular formula is C14H21N3O. The molecule has 1 heterocycles. The van der Waals surface area contributed by atoms with Crippen molar-refractivity contribution in [3.63, 3.8) is 0 Å². The number of nitrogens with zero attached hydrogens (tertiary/aromatic N) is 2. The summed E-state index contributed by atoms with van der Waals surface area (Å²) >= 11 is 0. The third kappa shape index (κ3) is 2.34. The van der Waals surface area contributed by atoms with Gasteiger partial charge in [-0.25, -0.2) is 4.98 Å². The normalized spacial score (nSPS) is 12.9. The van der Waals surface area contributed by atoms with Crippen LogP contribution in [0, 0.1) is 0 Å². The Kier molecular flexibility index (Phi) is 3.87. The molecule has 2 rings (SSSR count). The summed E-state index contributed by atoms with van der Waals surface area (Å²) in [5.41, 5.74) is 2.12. The summed E-state index contributed by atoms with van der Waals surface area (Å²) in [6.45, 7) is 5.32. The van der Waals surface area contributed by atoms with Crippen LogP contribution in [0.4, 0.5) is 0 Å². The van der Waals surface area contributed by atoms with Crippen LogP contribution in [0.25, 0.3) is 11.0 Å². The van der Waals surface area contributed by atoms with Gasteiger partial charge in [-0.3, -0.25) is 0 Å². The second-order valence-corrected chi connectivity index (χ2v) is 4.56. The number of benzene rings is 1. The number of aryl methyl sites for hydroxylation is 1. The van der Waals surface area contributed by atoms with E-state index in [0.29, 0.717) is 0 Å². The first-order valence-corrected chi connectivity index (χ1v) is 6.41. The SMILES string of the molecule is CCCNC(C)c1nc2cc(OC)ccc2n1C. The molecule has 0 aliphatic carbocycles. The predicted octanol–water partition coefficient (Wildman–Crippen LogP) is 2.64. The zero-order chi connectivity index (χ0) is 13.1. The van der Waals surface area contributed by atoms with Crippen LogP contribution in [0.1, 0.15) is 32.1 Å². The Labute approximate surface area is 108 Å². The topological polar surface area (TPSA) is 39.1 Å². The minimum atomic E-state index is 0.258. The molecule has 1 N–H and O–H groups in total. The third-order valence-corrected chi connectivity index (χ3v) is 3.21. The molecule has 0 saturated carbocycles. The Morgan fingerprint density at radius 3 is 2.89 bits per heavy atom. The fourth-order valence-corrected chi connectivity index (χ4v) is 2.16. The van der Waals surface area contributed by atoms with E-state index in [-0.39, 0.29) is 6.04 Å². The maximum Gasteiger partial charge on any atom is 0.126 e. The average molecular weight is 247 g/mol. The van der Waals surface area contributed by atoms with Crippen LogP contribution in [0.2, 0.25) is 0 Å². The van der Waals surface area contributed by atoms with Gasteiger partial charge in [0, 0.05) is 13.1 Å². The molecule has 98 valence electrons. The molecule has 0 bridgehead atoms. The first-order valence-electron chi connectivity index (χ1n) is 6.41. The van der Waals surface area contributed by atoms with E-state index in [0.717, 1.165) is 35.6 Å². The van der Waals surface area contributed by atoms with E-state index >= 15 is 0 Å². The molecule has 18 heavy (non-hydrogen) atoms. The minimum absolute atomic E-state index is 0.258. The molecule has 0 spiro atoms. The van der Waals surface area contributed by atoms with Gasteiger partial charge in [-0.15, -0.1) is 0 Å². The largest absolute Gasteiger partial charge is 0.497 e.